The molecule has 0 aliphatic rings. The lowest BCUT2D eigenvalue weighted by atomic mass is 10.2. The van der Waals surface area contributed by atoms with Crippen LogP contribution in [0.1, 0.15) is 19.8 Å². The van der Waals surface area contributed by atoms with Crippen molar-refractivity contribution in [3.8, 4) is 0 Å². The van der Waals surface area contributed by atoms with Crippen molar-refractivity contribution in [2.75, 3.05) is 13.2 Å². The van der Waals surface area contributed by atoms with Gasteiger partial charge in [0.25, 0.3) is 0 Å². The van der Waals surface area contributed by atoms with Crippen LogP contribution in [-0.4, -0.2) is 47.4 Å². The Morgan fingerprint density at radius 3 is 2.59 bits per heavy atom. The molecule has 0 fully saturated rings. The molecular weight excluding hydrogens is 226 g/mol. The first-order valence-corrected chi connectivity index (χ1v) is 5.36. The Kier molecular flexibility index (Phi) is 8.00. The molecular formula is C11H19NO5. The van der Waals surface area contributed by atoms with Gasteiger partial charge in [-0.3, -0.25) is 4.79 Å². The van der Waals surface area contributed by atoms with E-state index in [9.17, 15) is 9.59 Å². The Morgan fingerprint density at radius 1 is 1.47 bits per heavy atom. The molecule has 1 amide bonds. The number of carboxylic acids is 1. The molecule has 0 spiro atoms. The molecule has 6 nitrogen and oxygen atoms in total. The summed E-state index contributed by atoms with van der Waals surface area (Å²) >= 11 is 0. The summed E-state index contributed by atoms with van der Waals surface area (Å²) < 4.78 is 4.96. The second-order valence-corrected chi connectivity index (χ2v) is 3.67. The number of ether oxygens (including phenoxy) is 1. The average Bonchev–Trinajstić information content (AvgIpc) is 2.24. The van der Waals surface area contributed by atoms with Crippen molar-refractivity contribution in [1.29, 1.82) is 0 Å². The summed E-state index contributed by atoms with van der Waals surface area (Å²) in [5, 5.41) is 20.1. The van der Waals surface area contributed by atoms with Gasteiger partial charge in [0, 0.05) is 6.42 Å². The van der Waals surface area contributed by atoms with E-state index in [1.165, 1.54) is 6.92 Å². The number of aliphatic hydroxyl groups excluding tert-OH is 1. The quantitative estimate of drug-likeness (QED) is 0.494. The van der Waals surface area contributed by atoms with E-state index < -0.39 is 18.1 Å². The fourth-order valence-corrected chi connectivity index (χ4v) is 1.03. The van der Waals surface area contributed by atoms with Gasteiger partial charge in [-0.25, -0.2) is 4.79 Å². The molecule has 2 atom stereocenters. The van der Waals surface area contributed by atoms with Crippen LogP contribution < -0.4 is 5.32 Å². The van der Waals surface area contributed by atoms with E-state index in [0.29, 0.717) is 6.42 Å². The lowest BCUT2D eigenvalue weighted by Gasteiger charge is -2.15. The molecule has 0 heterocycles. The molecule has 0 bridgehead atoms. The molecule has 0 radical (unpaired) electrons. The summed E-state index contributed by atoms with van der Waals surface area (Å²) in [7, 11) is 0. The molecule has 0 unspecified atom stereocenters. The van der Waals surface area contributed by atoms with Gasteiger partial charge in [0.2, 0.25) is 5.91 Å². The van der Waals surface area contributed by atoms with Gasteiger partial charge in [-0.15, -0.1) is 6.58 Å². The Morgan fingerprint density at radius 2 is 2.12 bits per heavy atom. The lowest BCUT2D eigenvalue weighted by molar-refractivity contribution is -0.144. The number of nitrogens with one attached hydrogen (secondary N) is 1. The molecule has 0 saturated carbocycles. The van der Waals surface area contributed by atoms with Crippen molar-refractivity contribution in [2.24, 2.45) is 0 Å². The second-order valence-electron chi connectivity index (χ2n) is 3.67. The van der Waals surface area contributed by atoms with Crippen LogP contribution in [0.4, 0.5) is 0 Å². The summed E-state index contributed by atoms with van der Waals surface area (Å²) in [5.41, 5.74) is 0. The first kappa shape index (κ1) is 15.6. The van der Waals surface area contributed by atoms with E-state index in [-0.39, 0.29) is 25.5 Å². The zero-order chi connectivity index (χ0) is 13.3. The summed E-state index contributed by atoms with van der Waals surface area (Å²) in [4.78, 5) is 22.1. The van der Waals surface area contributed by atoms with Crippen molar-refractivity contribution in [3.05, 3.63) is 12.7 Å². The van der Waals surface area contributed by atoms with Gasteiger partial charge in [0.15, 0.2) is 6.04 Å². The highest BCUT2D eigenvalue weighted by atomic mass is 16.5. The fraction of sp³-hybridized carbons (Fsp3) is 0.636. The van der Waals surface area contributed by atoms with Crippen LogP contribution in [0.2, 0.25) is 0 Å². The SMILES string of the molecule is C=CCCC(=O)N[C@@H](COC[C@H](C)O)C(=O)O. The van der Waals surface area contributed by atoms with Gasteiger partial charge in [-0.05, 0) is 13.3 Å². The molecule has 0 aliphatic carbocycles. The number of allylic oxidation sites excluding steroid dienone is 1. The highest BCUT2D eigenvalue weighted by molar-refractivity contribution is 5.83. The highest BCUT2D eigenvalue weighted by Crippen LogP contribution is 1.94. The highest BCUT2D eigenvalue weighted by Gasteiger charge is 2.19. The van der Waals surface area contributed by atoms with Crippen molar-refractivity contribution in [1.82, 2.24) is 5.32 Å². The second kappa shape index (κ2) is 8.72. The lowest BCUT2D eigenvalue weighted by Crippen LogP contribution is -2.44. The van der Waals surface area contributed by atoms with Crippen LogP contribution in [0.5, 0.6) is 0 Å². The Bertz CT molecular complexity index is 265. The molecule has 0 saturated heterocycles. The van der Waals surface area contributed by atoms with E-state index in [2.05, 4.69) is 11.9 Å². The average molecular weight is 245 g/mol. The van der Waals surface area contributed by atoms with Crippen LogP contribution in [0, 0.1) is 0 Å². The zero-order valence-electron chi connectivity index (χ0n) is 9.89. The first-order chi connectivity index (χ1) is 7.97. The Balaban J connectivity index is 4.01. The van der Waals surface area contributed by atoms with Crippen molar-refractivity contribution in [2.45, 2.75) is 31.9 Å². The number of carboxylic acid groups (broad SMARTS) is 1. The minimum absolute atomic E-state index is 0.0340. The number of aliphatic hydroxyl groups is 1. The van der Waals surface area contributed by atoms with E-state index in [0.717, 1.165) is 0 Å². The standard InChI is InChI=1S/C11H19NO5/c1-3-4-5-10(14)12-9(11(15)16)7-17-6-8(2)13/h3,8-9,13H,1,4-7H2,2H3,(H,12,14)(H,15,16)/t8-,9-/m0/s1. The third-order valence-corrected chi connectivity index (χ3v) is 1.85. The summed E-state index contributed by atoms with van der Waals surface area (Å²) in [6, 6.07) is -1.09. The smallest absolute Gasteiger partial charge is 0.328 e. The molecule has 98 valence electrons. The monoisotopic (exact) mass is 245 g/mol. The molecule has 17 heavy (non-hydrogen) atoms. The largest absolute Gasteiger partial charge is 0.480 e. The van der Waals surface area contributed by atoms with E-state index in [1.807, 2.05) is 0 Å². The maximum atomic E-state index is 11.3. The topological polar surface area (TPSA) is 95.9 Å². The number of carbonyl (C=O) groups excluding carboxylic acids is 1. The first-order valence-electron chi connectivity index (χ1n) is 5.36. The maximum Gasteiger partial charge on any atom is 0.328 e. The maximum absolute atomic E-state index is 11.3. The van der Waals surface area contributed by atoms with Crippen molar-refractivity contribution < 1.29 is 24.5 Å². The molecule has 3 N–H and O–H groups in total. The summed E-state index contributed by atoms with van der Waals surface area (Å²) in [5.74, 6) is -1.53. The Hall–Kier alpha value is -1.40. The Labute approximate surface area is 100 Å². The number of hydrogen-bond acceptors (Lipinski definition) is 4. The minimum Gasteiger partial charge on any atom is -0.480 e. The van der Waals surface area contributed by atoms with Crippen LogP contribution in [-0.2, 0) is 14.3 Å². The molecule has 0 rings (SSSR count). The van der Waals surface area contributed by atoms with Gasteiger partial charge in [0.05, 0.1) is 19.3 Å². The number of aliphatic carboxylic acids is 1. The number of hydrogen-bond donors (Lipinski definition) is 3. The van der Waals surface area contributed by atoms with Gasteiger partial charge in [-0.1, -0.05) is 6.08 Å². The minimum atomic E-state index is -1.16. The van der Waals surface area contributed by atoms with Crippen molar-refractivity contribution in [3.63, 3.8) is 0 Å². The third-order valence-electron chi connectivity index (χ3n) is 1.85. The molecule has 0 aromatic carbocycles. The molecule has 0 aromatic rings. The number of carbonyl (C=O) groups is 2. The van der Waals surface area contributed by atoms with Crippen LogP contribution >= 0.6 is 0 Å². The summed E-state index contributed by atoms with van der Waals surface area (Å²) in [6.07, 6.45) is 1.61. The van der Waals surface area contributed by atoms with Gasteiger partial charge in [-0.2, -0.15) is 0 Å². The van der Waals surface area contributed by atoms with Gasteiger partial charge in [0.1, 0.15) is 0 Å². The van der Waals surface area contributed by atoms with E-state index in [1.54, 1.807) is 6.08 Å². The zero-order valence-corrected chi connectivity index (χ0v) is 9.89. The molecule has 6 heteroatoms. The fourth-order valence-electron chi connectivity index (χ4n) is 1.03. The predicted molar refractivity (Wildman–Crippen MR) is 61.5 cm³/mol. The van der Waals surface area contributed by atoms with E-state index >= 15 is 0 Å². The predicted octanol–water partition coefficient (Wildman–Crippen LogP) is -0.0806. The van der Waals surface area contributed by atoms with E-state index in [4.69, 9.17) is 14.9 Å². The van der Waals surface area contributed by atoms with Gasteiger partial charge < -0.3 is 20.3 Å². The van der Waals surface area contributed by atoms with Gasteiger partial charge >= 0.3 is 5.97 Å². The number of rotatable bonds is 9. The van der Waals surface area contributed by atoms with Crippen LogP contribution in [0.15, 0.2) is 12.7 Å². The molecule has 0 aliphatic heterocycles. The number of amides is 1. The third kappa shape index (κ3) is 8.41. The summed E-state index contributed by atoms with van der Waals surface area (Å²) in [6.45, 7) is 4.86. The normalized spacial score (nSPS) is 13.8. The van der Waals surface area contributed by atoms with Crippen molar-refractivity contribution >= 4 is 11.9 Å². The van der Waals surface area contributed by atoms with Crippen LogP contribution in [0.3, 0.4) is 0 Å². The molecule has 0 aromatic heterocycles. The van der Waals surface area contributed by atoms with Crippen LogP contribution in [0.25, 0.3) is 0 Å².